The van der Waals surface area contributed by atoms with Gasteiger partial charge < -0.3 is 4.90 Å². The number of hydrogen-bond donors (Lipinski definition) is 0. The molecule has 0 aliphatic carbocycles. The third-order valence-corrected chi connectivity index (χ3v) is 3.81. The molecule has 1 aromatic carbocycles. The Hall–Kier alpha value is -1.68. The summed E-state index contributed by atoms with van der Waals surface area (Å²) < 4.78 is 0.839. The number of benzene rings is 1. The predicted octanol–water partition coefficient (Wildman–Crippen LogP) is 3.43. The first-order chi connectivity index (χ1) is 8.61. The van der Waals surface area contributed by atoms with Gasteiger partial charge in [-0.2, -0.15) is 0 Å². The average molecular weight is 305 g/mol. The summed E-state index contributed by atoms with van der Waals surface area (Å²) >= 11 is 3.46. The summed E-state index contributed by atoms with van der Waals surface area (Å²) in [5, 5.41) is 0. The maximum absolute atomic E-state index is 12.4. The fourth-order valence-corrected chi connectivity index (χ4v) is 2.10. The van der Waals surface area contributed by atoms with E-state index in [-0.39, 0.29) is 5.91 Å². The van der Waals surface area contributed by atoms with Gasteiger partial charge in [0, 0.05) is 17.7 Å². The van der Waals surface area contributed by atoms with Crippen molar-refractivity contribution in [3.63, 3.8) is 0 Å². The van der Waals surface area contributed by atoms with Crippen molar-refractivity contribution in [3.8, 4) is 0 Å². The van der Waals surface area contributed by atoms with Gasteiger partial charge in [0.1, 0.15) is 0 Å². The van der Waals surface area contributed by atoms with Crippen molar-refractivity contribution in [2.75, 3.05) is 11.9 Å². The lowest BCUT2D eigenvalue weighted by atomic mass is 10.1. The number of anilines is 1. The molecule has 4 heteroatoms. The Labute approximate surface area is 115 Å². The summed E-state index contributed by atoms with van der Waals surface area (Å²) in [5.74, 6) is -0.0569. The number of hydrogen-bond acceptors (Lipinski definition) is 2. The van der Waals surface area contributed by atoms with Crippen molar-refractivity contribution >= 4 is 27.5 Å². The summed E-state index contributed by atoms with van der Waals surface area (Å²) in [5.41, 5.74) is 2.47. The van der Waals surface area contributed by atoms with E-state index >= 15 is 0 Å². The van der Waals surface area contributed by atoms with Crippen LogP contribution >= 0.6 is 15.9 Å². The zero-order valence-corrected chi connectivity index (χ0v) is 11.8. The van der Waals surface area contributed by atoms with E-state index in [1.165, 1.54) is 0 Å². The van der Waals surface area contributed by atoms with Crippen molar-refractivity contribution in [1.29, 1.82) is 0 Å². The van der Waals surface area contributed by atoms with Gasteiger partial charge in [-0.1, -0.05) is 12.1 Å². The first kappa shape index (κ1) is 12.8. The molecular weight excluding hydrogens is 292 g/mol. The third kappa shape index (κ3) is 2.43. The molecule has 3 nitrogen and oxygen atoms in total. The molecule has 1 aromatic heterocycles. The van der Waals surface area contributed by atoms with Crippen molar-refractivity contribution < 1.29 is 4.79 Å². The summed E-state index contributed by atoms with van der Waals surface area (Å²) in [6.45, 7) is 1.96. The van der Waals surface area contributed by atoms with Crippen LogP contribution in [0.2, 0.25) is 0 Å². The molecule has 0 N–H and O–H groups in total. The molecule has 2 aromatic rings. The van der Waals surface area contributed by atoms with Gasteiger partial charge in [-0.05, 0) is 46.6 Å². The lowest BCUT2D eigenvalue weighted by molar-refractivity contribution is 0.0992. The molecule has 92 valence electrons. The second kappa shape index (κ2) is 5.31. The molecule has 0 aliphatic rings. The van der Waals surface area contributed by atoms with Gasteiger partial charge in [-0.15, -0.1) is 0 Å². The van der Waals surface area contributed by atoms with Crippen LogP contribution < -0.4 is 4.90 Å². The summed E-state index contributed by atoms with van der Waals surface area (Å²) in [6, 6.07) is 9.32. The van der Waals surface area contributed by atoms with Gasteiger partial charge in [0.15, 0.2) is 0 Å². The van der Waals surface area contributed by atoms with E-state index in [0.717, 1.165) is 15.7 Å². The second-order valence-corrected chi connectivity index (χ2v) is 4.80. The van der Waals surface area contributed by atoms with Crippen LogP contribution in [-0.2, 0) is 0 Å². The Balaban J connectivity index is 2.35. The third-order valence-electron chi connectivity index (χ3n) is 2.76. The van der Waals surface area contributed by atoms with Crippen LogP contribution in [0, 0.1) is 6.92 Å². The molecular formula is C14H13BrN2O. The van der Waals surface area contributed by atoms with Crippen molar-refractivity contribution in [1.82, 2.24) is 4.98 Å². The Morgan fingerprint density at radius 3 is 2.72 bits per heavy atom. The van der Waals surface area contributed by atoms with Crippen LogP contribution in [-0.4, -0.2) is 17.9 Å². The quantitative estimate of drug-likeness (QED) is 0.851. The minimum Gasteiger partial charge on any atom is -0.310 e. The molecule has 0 bridgehead atoms. The Morgan fingerprint density at radius 2 is 2.06 bits per heavy atom. The number of pyridine rings is 1. The summed E-state index contributed by atoms with van der Waals surface area (Å²) in [4.78, 5) is 18.0. The number of carbonyl (C=O) groups is 1. The zero-order valence-electron chi connectivity index (χ0n) is 10.2. The fourth-order valence-electron chi connectivity index (χ4n) is 1.66. The average Bonchev–Trinajstić information content (AvgIpc) is 2.41. The van der Waals surface area contributed by atoms with Crippen molar-refractivity contribution in [2.45, 2.75) is 6.92 Å². The molecule has 0 atom stereocenters. The largest absolute Gasteiger partial charge is 0.310 e. The molecule has 1 amide bonds. The van der Waals surface area contributed by atoms with Gasteiger partial charge in [0.2, 0.25) is 0 Å². The molecule has 18 heavy (non-hydrogen) atoms. The van der Waals surface area contributed by atoms with Gasteiger partial charge >= 0.3 is 0 Å². The smallest absolute Gasteiger partial charge is 0.259 e. The Kier molecular flexibility index (Phi) is 3.77. The molecule has 0 radical (unpaired) electrons. The highest BCUT2D eigenvalue weighted by Crippen LogP contribution is 2.23. The number of carbonyl (C=O) groups excluding carboxylic acids is 1. The predicted molar refractivity (Wildman–Crippen MR) is 75.8 cm³/mol. The number of halogens is 1. The highest BCUT2D eigenvalue weighted by Gasteiger charge is 2.16. The first-order valence-electron chi connectivity index (χ1n) is 5.54. The highest BCUT2D eigenvalue weighted by molar-refractivity contribution is 9.10. The van der Waals surface area contributed by atoms with E-state index in [9.17, 15) is 4.79 Å². The van der Waals surface area contributed by atoms with Crippen LogP contribution in [0.5, 0.6) is 0 Å². The minimum atomic E-state index is -0.0569. The topological polar surface area (TPSA) is 33.2 Å². The molecule has 0 saturated carbocycles. The maximum atomic E-state index is 12.4. The monoisotopic (exact) mass is 304 g/mol. The lowest BCUT2D eigenvalue weighted by Crippen LogP contribution is -2.26. The van der Waals surface area contributed by atoms with Gasteiger partial charge in [0.05, 0.1) is 17.4 Å². The second-order valence-electron chi connectivity index (χ2n) is 4.01. The van der Waals surface area contributed by atoms with Crippen LogP contribution in [0.3, 0.4) is 0 Å². The molecule has 0 spiro atoms. The number of rotatable bonds is 2. The normalized spacial score (nSPS) is 10.2. The molecule has 0 saturated heterocycles. The van der Waals surface area contributed by atoms with E-state index in [0.29, 0.717) is 5.56 Å². The fraction of sp³-hybridized carbons (Fsp3) is 0.143. The molecule has 0 unspecified atom stereocenters. The SMILES string of the molecule is Cc1cccc(C(=O)N(C)c2cccnc2)c1Br. The Morgan fingerprint density at radius 1 is 1.28 bits per heavy atom. The lowest BCUT2D eigenvalue weighted by Gasteiger charge is -2.18. The molecule has 0 aliphatic heterocycles. The molecule has 0 fully saturated rings. The van der Waals surface area contributed by atoms with Crippen LogP contribution in [0.25, 0.3) is 0 Å². The van der Waals surface area contributed by atoms with Crippen molar-refractivity contribution in [3.05, 3.63) is 58.3 Å². The van der Waals surface area contributed by atoms with Crippen molar-refractivity contribution in [2.24, 2.45) is 0 Å². The van der Waals surface area contributed by atoms with Gasteiger partial charge in [-0.25, -0.2) is 0 Å². The standard InChI is InChI=1S/C14H13BrN2O/c1-10-5-3-7-12(13(10)15)14(18)17(2)11-6-4-8-16-9-11/h3-9H,1-2H3. The number of aromatic nitrogens is 1. The number of amides is 1. The van der Waals surface area contributed by atoms with Crippen LogP contribution in [0.15, 0.2) is 47.2 Å². The van der Waals surface area contributed by atoms with Gasteiger partial charge in [0.25, 0.3) is 5.91 Å². The summed E-state index contributed by atoms with van der Waals surface area (Å²) in [7, 11) is 1.74. The molecule has 2 rings (SSSR count). The Bertz CT molecular complexity index is 569. The van der Waals surface area contributed by atoms with E-state index in [4.69, 9.17) is 0 Å². The summed E-state index contributed by atoms with van der Waals surface area (Å²) in [6.07, 6.45) is 3.35. The first-order valence-corrected chi connectivity index (χ1v) is 6.33. The van der Waals surface area contributed by atoms with Gasteiger partial charge in [-0.3, -0.25) is 9.78 Å². The minimum absolute atomic E-state index is 0.0569. The van der Waals surface area contributed by atoms with E-state index < -0.39 is 0 Å². The van der Waals surface area contributed by atoms with Crippen LogP contribution in [0.1, 0.15) is 15.9 Å². The van der Waals surface area contributed by atoms with E-state index in [2.05, 4.69) is 20.9 Å². The van der Waals surface area contributed by atoms with E-state index in [1.54, 1.807) is 24.3 Å². The zero-order chi connectivity index (χ0) is 13.1. The number of nitrogens with zero attached hydrogens (tertiary/aromatic N) is 2. The highest BCUT2D eigenvalue weighted by atomic mass is 79.9. The number of aryl methyl sites for hydroxylation is 1. The molecule has 1 heterocycles. The van der Waals surface area contributed by atoms with Crippen LogP contribution in [0.4, 0.5) is 5.69 Å². The maximum Gasteiger partial charge on any atom is 0.259 e. The van der Waals surface area contributed by atoms with E-state index in [1.807, 2.05) is 37.3 Å².